The van der Waals surface area contributed by atoms with Crippen molar-refractivity contribution in [2.75, 3.05) is 23.7 Å². The minimum absolute atomic E-state index is 0.692. The Kier molecular flexibility index (Phi) is 2.77. The summed E-state index contributed by atoms with van der Waals surface area (Å²) in [4.78, 5) is 2.23. The van der Waals surface area contributed by atoms with Crippen molar-refractivity contribution >= 4 is 11.4 Å². The van der Waals surface area contributed by atoms with Crippen LogP contribution in [0.25, 0.3) is 0 Å². The molecule has 2 N–H and O–H groups in total. The Morgan fingerprint density at radius 2 is 1.93 bits per heavy atom. The topological polar surface area (TPSA) is 53.1 Å². The largest absolute Gasteiger partial charge is 0.397 e. The van der Waals surface area contributed by atoms with Gasteiger partial charge in [-0.3, -0.25) is 0 Å². The molecule has 1 aliphatic rings. The van der Waals surface area contributed by atoms with Crippen LogP contribution in [0, 0.1) is 11.3 Å². The van der Waals surface area contributed by atoms with Crippen molar-refractivity contribution in [2.24, 2.45) is 0 Å². The molecule has 0 bridgehead atoms. The molecular formula is C12H15N3. The van der Waals surface area contributed by atoms with E-state index in [-0.39, 0.29) is 0 Å². The molecule has 1 aromatic rings. The zero-order valence-corrected chi connectivity index (χ0v) is 8.74. The molecule has 0 spiro atoms. The third kappa shape index (κ3) is 1.89. The van der Waals surface area contributed by atoms with Gasteiger partial charge in [0, 0.05) is 13.1 Å². The number of anilines is 2. The average Bonchev–Trinajstić information content (AvgIpc) is 2.29. The molecule has 3 heteroatoms. The number of piperidine rings is 1. The first kappa shape index (κ1) is 9.85. The Morgan fingerprint density at radius 1 is 1.20 bits per heavy atom. The van der Waals surface area contributed by atoms with Gasteiger partial charge in [0.05, 0.1) is 16.9 Å². The van der Waals surface area contributed by atoms with Crippen LogP contribution in [0.15, 0.2) is 18.2 Å². The van der Waals surface area contributed by atoms with Crippen molar-refractivity contribution in [2.45, 2.75) is 19.3 Å². The molecule has 0 amide bonds. The summed E-state index contributed by atoms with van der Waals surface area (Å²) < 4.78 is 0. The smallest absolute Gasteiger partial charge is 0.101 e. The van der Waals surface area contributed by atoms with Crippen LogP contribution in [0.1, 0.15) is 24.8 Å². The molecule has 0 radical (unpaired) electrons. The van der Waals surface area contributed by atoms with E-state index in [1.807, 2.05) is 18.2 Å². The van der Waals surface area contributed by atoms with Crippen molar-refractivity contribution in [3.63, 3.8) is 0 Å². The van der Waals surface area contributed by atoms with Gasteiger partial charge in [-0.15, -0.1) is 0 Å². The van der Waals surface area contributed by atoms with Crippen LogP contribution >= 0.6 is 0 Å². The number of nitrogens with zero attached hydrogens (tertiary/aromatic N) is 2. The van der Waals surface area contributed by atoms with Crippen molar-refractivity contribution < 1.29 is 0 Å². The zero-order chi connectivity index (χ0) is 10.7. The standard InChI is InChI=1S/C12H15N3/c13-9-10-5-4-6-11(14)12(10)15-7-2-1-3-8-15/h4-6H,1-3,7-8,14H2. The van der Waals surface area contributed by atoms with Crippen LogP contribution in [-0.2, 0) is 0 Å². The van der Waals surface area contributed by atoms with Gasteiger partial charge in [-0.25, -0.2) is 0 Å². The number of nitrogen functional groups attached to an aromatic ring is 1. The van der Waals surface area contributed by atoms with Gasteiger partial charge >= 0.3 is 0 Å². The van der Waals surface area contributed by atoms with Crippen molar-refractivity contribution in [3.05, 3.63) is 23.8 Å². The molecule has 1 aromatic carbocycles. The maximum Gasteiger partial charge on any atom is 0.101 e. The molecule has 3 nitrogen and oxygen atoms in total. The fourth-order valence-corrected chi connectivity index (χ4v) is 2.12. The van der Waals surface area contributed by atoms with Crippen LogP contribution < -0.4 is 10.6 Å². The van der Waals surface area contributed by atoms with Crippen molar-refractivity contribution in [3.8, 4) is 6.07 Å². The molecule has 1 saturated heterocycles. The van der Waals surface area contributed by atoms with Gasteiger partial charge in [0.2, 0.25) is 0 Å². The molecule has 15 heavy (non-hydrogen) atoms. The Bertz CT molecular complexity index is 386. The number of para-hydroxylation sites is 1. The summed E-state index contributed by atoms with van der Waals surface area (Å²) in [5.74, 6) is 0. The first-order valence-corrected chi connectivity index (χ1v) is 5.36. The van der Waals surface area contributed by atoms with E-state index < -0.39 is 0 Å². The van der Waals surface area contributed by atoms with E-state index in [4.69, 9.17) is 11.0 Å². The van der Waals surface area contributed by atoms with E-state index in [1.54, 1.807) is 0 Å². The second-order valence-corrected chi connectivity index (χ2v) is 3.90. The maximum absolute atomic E-state index is 9.04. The fraction of sp³-hybridized carbons (Fsp3) is 0.417. The zero-order valence-electron chi connectivity index (χ0n) is 8.74. The number of hydrogen-bond acceptors (Lipinski definition) is 3. The minimum atomic E-state index is 0.692. The molecule has 78 valence electrons. The lowest BCUT2D eigenvalue weighted by molar-refractivity contribution is 0.578. The highest BCUT2D eigenvalue weighted by Gasteiger charge is 2.16. The number of rotatable bonds is 1. The molecule has 1 heterocycles. The van der Waals surface area contributed by atoms with E-state index in [2.05, 4.69) is 11.0 Å². The number of nitriles is 1. The molecular weight excluding hydrogens is 186 g/mol. The average molecular weight is 201 g/mol. The molecule has 0 aromatic heterocycles. The lowest BCUT2D eigenvalue weighted by atomic mass is 10.1. The van der Waals surface area contributed by atoms with Crippen LogP contribution in [0.5, 0.6) is 0 Å². The van der Waals surface area contributed by atoms with Gasteiger partial charge in [-0.2, -0.15) is 5.26 Å². The predicted molar refractivity (Wildman–Crippen MR) is 61.6 cm³/mol. The Balaban J connectivity index is 2.37. The van der Waals surface area contributed by atoms with Gasteiger partial charge in [-0.05, 0) is 31.4 Å². The predicted octanol–water partition coefficient (Wildman–Crippen LogP) is 2.13. The first-order valence-electron chi connectivity index (χ1n) is 5.36. The Hall–Kier alpha value is -1.69. The number of hydrogen-bond donors (Lipinski definition) is 1. The van der Waals surface area contributed by atoms with Crippen LogP contribution in [-0.4, -0.2) is 13.1 Å². The van der Waals surface area contributed by atoms with Gasteiger partial charge < -0.3 is 10.6 Å². The summed E-state index contributed by atoms with van der Waals surface area (Å²) in [5, 5.41) is 9.04. The normalized spacial score (nSPS) is 16.1. The van der Waals surface area contributed by atoms with E-state index in [0.717, 1.165) is 24.5 Å². The summed E-state index contributed by atoms with van der Waals surface area (Å²) >= 11 is 0. The molecule has 1 fully saturated rings. The van der Waals surface area contributed by atoms with Crippen LogP contribution in [0.2, 0.25) is 0 Å². The second-order valence-electron chi connectivity index (χ2n) is 3.90. The molecule has 0 unspecified atom stereocenters. The fourth-order valence-electron chi connectivity index (χ4n) is 2.12. The second kappa shape index (κ2) is 4.22. The van der Waals surface area contributed by atoms with Gasteiger partial charge in [0.25, 0.3) is 0 Å². The molecule has 0 atom stereocenters. The lowest BCUT2D eigenvalue weighted by Crippen LogP contribution is -2.30. The van der Waals surface area contributed by atoms with E-state index in [9.17, 15) is 0 Å². The van der Waals surface area contributed by atoms with Gasteiger partial charge in [0.1, 0.15) is 6.07 Å². The SMILES string of the molecule is N#Cc1cccc(N)c1N1CCCCC1. The summed E-state index contributed by atoms with van der Waals surface area (Å²) in [6.07, 6.45) is 3.67. The minimum Gasteiger partial charge on any atom is -0.397 e. The monoisotopic (exact) mass is 201 g/mol. The van der Waals surface area contributed by atoms with E-state index >= 15 is 0 Å². The van der Waals surface area contributed by atoms with E-state index in [0.29, 0.717) is 5.56 Å². The van der Waals surface area contributed by atoms with Crippen molar-refractivity contribution in [1.29, 1.82) is 5.26 Å². The highest BCUT2D eigenvalue weighted by molar-refractivity contribution is 5.74. The number of benzene rings is 1. The lowest BCUT2D eigenvalue weighted by Gasteiger charge is -2.30. The summed E-state index contributed by atoms with van der Waals surface area (Å²) in [6.45, 7) is 2.03. The van der Waals surface area contributed by atoms with Crippen LogP contribution in [0.4, 0.5) is 11.4 Å². The van der Waals surface area contributed by atoms with E-state index in [1.165, 1.54) is 19.3 Å². The third-order valence-corrected chi connectivity index (χ3v) is 2.86. The highest BCUT2D eigenvalue weighted by atomic mass is 15.1. The van der Waals surface area contributed by atoms with Gasteiger partial charge in [0.15, 0.2) is 0 Å². The maximum atomic E-state index is 9.04. The summed E-state index contributed by atoms with van der Waals surface area (Å²) in [5.41, 5.74) is 8.28. The van der Waals surface area contributed by atoms with Gasteiger partial charge in [-0.1, -0.05) is 6.07 Å². The number of nitrogens with two attached hydrogens (primary N) is 1. The molecule has 2 rings (SSSR count). The first-order chi connectivity index (χ1) is 7.33. The Labute approximate surface area is 90.1 Å². The summed E-state index contributed by atoms with van der Waals surface area (Å²) in [7, 11) is 0. The summed E-state index contributed by atoms with van der Waals surface area (Å²) in [6, 6.07) is 7.75. The quantitative estimate of drug-likeness (QED) is 0.708. The third-order valence-electron chi connectivity index (χ3n) is 2.86. The molecule has 0 saturated carbocycles. The molecule has 0 aliphatic carbocycles. The van der Waals surface area contributed by atoms with Crippen molar-refractivity contribution in [1.82, 2.24) is 0 Å². The molecule has 1 aliphatic heterocycles. The Morgan fingerprint density at radius 3 is 2.60 bits per heavy atom. The highest BCUT2D eigenvalue weighted by Crippen LogP contribution is 2.29. The van der Waals surface area contributed by atoms with Crippen LogP contribution in [0.3, 0.4) is 0 Å².